The molecule has 0 radical (unpaired) electrons. The first-order chi connectivity index (χ1) is 5.34. The topological polar surface area (TPSA) is 56.0 Å². The molecule has 0 amide bonds. The highest BCUT2D eigenvalue weighted by Gasteiger charge is 2.20. The lowest BCUT2D eigenvalue weighted by Gasteiger charge is -2.17. The summed E-state index contributed by atoms with van der Waals surface area (Å²) in [5.41, 5.74) is 0. The van der Waals surface area contributed by atoms with Gasteiger partial charge in [-0.25, -0.2) is 0 Å². The van der Waals surface area contributed by atoms with Crippen molar-refractivity contribution >= 4 is 0 Å². The van der Waals surface area contributed by atoms with Gasteiger partial charge in [-0.3, -0.25) is 0 Å². The van der Waals surface area contributed by atoms with E-state index in [1.165, 1.54) is 6.42 Å². The molecule has 2 atom stereocenters. The van der Waals surface area contributed by atoms with E-state index in [0.717, 1.165) is 25.7 Å². The van der Waals surface area contributed by atoms with Crippen molar-refractivity contribution in [1.29, 1.82) is 5.26 Å². The molecule has 0 aromatic carbocycles. The maximum absolute atomic E-state index is 9.47. The van der Waals surface area contributed by atoms with Gasteiger partial charge in [-0.05, 0) is 12.8 Å². The molecule has 0 bridgehead atoms. The molecule has 1 rings (SSSR count). The van der Waals surface area contributed by atoms with E-state index in [-0.39, 0.29) is 12.1 Å². The second kappa shape index (κ2) is 4.20. The number of rotatable bonds is 1. The van der Waals surface area contributed by atoms with Gasteiger partial charge in [0.25, 0.3) is 0 Å². The lowest BCUT2D eigenvalue weighted by atomic mass is 10.1. The van der Waals surface area contributed by atoms with Gasteiger partial charge in [0.1, 0.15) is 0 Å². The molecular weight excluding hydrogens is 140 g/mol. The minimum atomic E-state index is -0.322. The van der Waals surface area contributed by atoms with Gasteiger partial charge in [-0.15, -0.1) is 0 Å². The summed E-state index contributed by atoms with van der Waals surface area (Å²) in [4.78, 5) is 0. The Balaban J connectivity index is 2.40. The molecule has 1 fully saturated rings. The molecule has 0 aromatic rings. The number of hydrogen-bond acceptors (Lipinski definition) is 3. The molecule has 0 saturated heterocycles. The fraction of sp³-hybridized carbons (Fsp3) is 0.875. The van der Waals surface area contributed by atoms with Crippen LogP contribution in [0.3, 0.4) is 0 Å². The third kappa shape index (κ3) is 2.39. The lowest BCUT2D eigenvalue weighted by molar-refractivity contribution is 0.127. The first kappa shape index (κ1) is 8.35. The van der Waals surface area contributed by atoms with E-state index in [1.807, 2.05) is 6.19 Å². The molecule has 2 unspecified atom stereocenters. The van der Waals surface area contributed by atoms with Crippen LogP contribution in [0.1, 0.15) is 32.1 Å². The smallest absolute Gasteiger partial charge is 0.176 e. The first-order valence-corrected chi connectivity index (χ1v) is 4.17. The van der Waals surface area contributed by atoms with Gasteiger partial charge < -0.3 is 10.4 Å². The fourth-order valence-electron chi connectivity index (χ4n) is 1.54. The van der Waals surface area contributed by atoms with Gasteiger partial charge in [0.05, 0.1) is 12.1 Å². The van der Waals surface area contributed by atoms with Gasteiger partial charge in [-0.2, -0.15) is 5.26 Å². The first-order valence-electron chi connectivity index (χ1n) is 4.17. The lowest BCUT2D eigenvalue weighted by Crippen LogP contribution is -2.36. The maximum atomic E-state index is 9.47. The summed E-state index contributed by atoms with van der Waals surface area (Å²) in [5, 5.41) is 20.5. The third-order valence-electron chi connectivity index (χ3n) is 2.23. The number of nitrogens with zero attached hydrogens (tertiary/aromatic N) is 1. The number of nitrogens with one attached hydrogen (secondary N) is 1. The molecule has 0 aliphatic heterocycles. The summed E-state index contributed by atoms with van der Waals surface area (Å²) in [7, 11) is 0. The van der Waals surface area contributed by atoms with Crippen molar-refractivity contribution in [3.8, 4) is 6.19 Å². The molecule has 1 aliphatic rings. The second-order valence-electron chi connectivity index (χ2n) is 3.07. The molecule has 0 spiro atoms. The van der Waals surface area contributed by atoms with E-state index in [1.54, 1.807) is 0 Å². The van der Waals surface area contributed by atoms with Crippen LogP contribution in [0.15, 0.2) is 0 Å². The highest BCUT2D eigenvalue weighted by Crippen LogP contribution is 2.17. The van der Waals surface area contributed by atoms with Gasteiger partial charge in [-0.1, -0.05) is 19.3 Å². The number of hydrogen-bond donors (Lipinski definition) is 2. The average molecular weight is 154 g/mol. The van der Waals surface area contributed by atoms with Crippen molar-refractivity contribution in [1.82, 2.24) is 5.32 Å². The minimum Gasteiger partial charge on any atom is -0.391 e. The molecule has 3 nitrogen and oxygen atoms in total. The molecule has 1 saturated carbocycles. The molecular formula is C8H14N2O. The zero-order valence-electron chi connectivity index (χ0n) is 6.58. The third-order valence-corrected chi connectivity index (χ3v) is 2.23. The highest BCUT2D eigenvalue weighted by atomic mass is 16.3. The standard InChI is InChI=1S/C8H14N2O/c9-6-10-7-4-2-1-3-5-8(7)11/h7-8,10-11H,1-5H2. The maximum Gasteiger partial charge on any atom is 0.176 e. The van der Waals surface area contributed by atoms with Crippen LogP contribution in [-0.4, -0.2) is 17.3 Å². The Morgan fingerprint density at radius 1 is 1.27 bits per heavy atom. The quantitative estimate of drug-likeness (QED) is 0.333. The average Bonchev–Trinajstić information content (AvgIpc) is 2.18. The summed E-state index contributed by atoms with van der Waals surface area (Å²) in [6.07, 6.45) is 6.71. The van der Waals surface area contributed by atoms with E-state index < -0.39 is 0 Å². The van der Waals surface area contributed by atoms with Crippen LogP contribution in [0.2, 0.25) is 0 Å². The normalized spacial score (nSPS) is 32.0. The fourth-order valence-corrected chi connectivity index (χ4v) is 1.54. The van der Waals surface area contributed by atoms with E-state index >= 15 is 0 Å². The highest BCUT2D eigenvalue weighted by molar-refractivity contribution is 4.84. The van der Waals surface area contributed by atoms with E-state index in [2.05, 4.69) is 5.32 Å². The van der Waals surface area contributed by atoms with Crippen LogP contribution < -0.4 is 5.32 Å². The molecule has 0 aromatic heterocycles. The van der Waals surface area contributed by atoms with E-state index in [0.29, 0.717) is 0 Å². The summed E-state index contributed by atoms with van der Waals surface area (Å²) in [6, 6.07) is 0.00231. The van der Waals surface area contributed by atoms with Crippen molar-refractivity contribution in [2.75, 3.05) is 0 Å². The van der Waals surface area contributed by atoms with Crippen molar-refractivity contribution in [2.45, 2.75) is 44.2 Å². The molecule has 0 heterocycles. The van der Waals surface area contributed by atoms with Crippen LogP contribution in [0.25, 0.3) is 0 Å². The second-order valence-corrected chi connectivity index (χ2v) is 3.07. The summed E-state index contributed by atoms with van der Waals surface area (Å²) < 4.78 is 0. The van der Waals surface area contributed by atoms with Crippen molar-refractivity contribution in [2.24, 2.45) is 0 Å². The van der Waals surface area contributed by atoms with Crippen LogP contribution in [-0.2, 0) is 0 Å². The Labute approximate surface area is 67.0 Å². The Morgan fingerprint density at radius 2 is 2.00 bits per heavy atom. The Bertz CT molecular complexity index is 153. The Hall–Kier alpha value is -0.750. The summed E-state index contributed by atoms with van der Waals surface area (Å²) in [6.45, 7) is 0. The van der Waals surface area contributed by atoms with E-state index in [4.69, 9.17) is 5.26 Å². The predicted octanol–water partition coefficient (Wildman–Crippen LogP) is 0.751. The predicted molar refractivity (Wildman–Crippen MR) is 41.6 cm³/mol. The molecule has 11 heavy (non-hydrogen) atoms. The Kier molecular flexibility index (Phi) is 3.18. The van der Waals surface area contributed by atoms with Gasteiger partial charge in [0.2, 0.25) is 0 Å². The molecule has 2 N–H and O–H groups in total. The zero-order valence-corrected chi connectivity index (χ0v) is 6.58. The Morgan fingerprint density at radius 3 is 2.73 bits per heavy atom. The molecule has 3 heteroatoms. The van der Waals surface area contributed by atoms with Crippen LogP contribution >= 0.6 is 0 Å². The summed E-state index contributed by atoms with van der Waals surface area (Å²) >= 11 is 0. The van der Waals surface area contributed by atoms with Crippen LogP contribution in [0, 0.1) is 11.5 Å². The SMILES string of the molecule is N#CNC1CCCCCC1O. The van der Waals surface area contributed by atoms with Crippen molar-refractivity contribution in [3.05, 3.63) is 0 Å². The van der Waals surface area contributed by atoms with Crippen LogP contribution in [0.5, 0.6) is 0 Å². The van der Waals surface area contributed by atoms with Crippen LogP contribution in [0.4, 0.5) is 0 Å². The summed E-state index contributed by atoms with van der Waals surface area (Å²) in [5.74, 6) is 0. The number of nitriles is 1. The number of aliphatic hydroxyl groups is 1. The molecule has 1 aliphatic carbocycles. The number of aliphatic hydroxyl groups excluding tert-OH is 1. The largest absolute Gasteiger partial charge is 0.391 e. The van der Waals surface area contributed by atoms with Gasteiger partial charge in [0.15, 0.2) is 6.19 Å². The minimum absolute atomic E-state index is 0.00231. The van der Waals surface area contributed by atoms with Crippen molar-refractivity contribution < 1.29 is 5.11 Å². The zero-order chi connectivity index (χ0) is 8.10. The monoisotopic (exact) mass is 154 g/mol. The van der Waals surface area contributed by atoms with Gasteiger partial charge in [0, 0.05) is 0 Å². The van der Waals surface area contributed by atoms with Gasteiger partial charge >= 0.3 is 0 Å². The van der Waals surface area contributed by atoms with E-state index in [9.17, 15) is 5.11 Å². The molecule has 62 valence electrons. The van der Waals surface area contributed by atoms with Crippen molar-refractivity contribution in [3.63, 3.8) is 0 Å².